The smallest absolute Gasteiger partial charge is 0.276 e. The van der Waals surface area contributed by atoms with Crippen molar-refractivity contribution in [1.29, 1.82) is 0 Å². The van der Waals surface area contributed by atoms with Crippen LogP contribution in [0.1, 0.15) is 36.3 Å². The number of hydrogen-bond acceptors (Lipinski definition) is 5. The van der Waals surface area contributed by atoms with Gasteiger partial charge in [0.1, 0.15) is 0 Å². The average molecular weight is 314 g/mol. The maximum absolute atomic E-state index is 12.8. The van der Waals surface area contributed by atoms with E-state index in [0.29, 0.717) is 13.0 Å². The molecule has 2 rings (SSSR count). The van der Waals surface area contributed by atoms with Crippen molar-refractivity contribution in [3.63, 3.8) is 0 Å². The first-order chi connectivity index (χ1) is 10.9. The summed E-state index contributed by atoms with van der Waals surface area (Å²) in [6.45, 7) is 4.14. The molecule has 3 N–H and O–H groups in total. The van der Waals surface area contributed by atoms with E-state index in [1.54, 1.807) is 11.8 Å². The van der Waals surface area contributed by atoms with Crippen molar-refractivity contribution in [2.45, 2.75) is 32.4 Å². The van der Waals surface area contributed by atoms with E-state index in [4.69, 9.17) is 5.73 Å². The standard InChI is InChI=1S/C17H22N4O2/c1-3-17(2,23)12-21(11-13-7-5-4-6-8-13)16(22)14-15(18)20-10-9-19-14/h4-10,23H,3,11-12H2,1-2H3,(H2,18,20)/t17-/m1/s1. The fraction of sp³-hybridized carbons (Fsp3) is 0.353. The Morgan fingerprint density at radius 3 is 2.52 bits per heavy atom. The van der Waals surface area contributed by atoms with E-state index in [1.165, 1.54) is 12.4 Å². The summed E-state index contributed by atoms with van der Waals surface area (Å²) in [5.41, 5.74) is 5.86. The molecule has 6 heteroatoms. The van der Waals surface area contributed by atoms with Gasteiger partial charge in [-0.05, 0) is 18.9 Å². The number of carbonyl (C=O) groups excluding carboxylic acids is 1. The molecule has 0 aliphatic heterocycles. The highest BCUT2D eigenvalue weighted by Gasteiger charge is 2.28. The first-order valence-electron chi connectivity index (χ1n) is 7.55. The molecule has 1 aromatic carbocycles. The Kier molecular flexibility index (Phi) is 5.28. The lowest BCUT2D eigenvalue weighted by atomic mass is 10.0. The van der Waals surface area contributed by atoms with Crippen LogP contribution < -0.4 is 5.73 Å². The number of aliphatic hydroxyl groups is 1. The highest BCUT2D eigenvalue weighted by Crippen LogP contribution is 2.17. The molecule has 2 aromatic rings. The third-order valence-corrected chi connectivity index (χ3v) is 3.73. The normalized spacial score (nSPS) is 13.3. The van der Waals surface area contributed by atoms with Gasteiger partial charge in [0.25, 0.3) is 5.91 Å². The molecule has 0 aliphatic rings. The van der Waals surface area contributed by atoms with Gasteiger partial charge >= 0.3 is 0 Å². The van der Waals surface area contributed by atoms with Crippen LogP contribution in [0.2, 0.25) is 0 Å². The van der Waals surface area contributed by atoms with Crippen molar-refractivity contribution in [1.82, 2.24) is 14.9 Å². The van der Waals surface area contributed by atoms with Crippen LogP contribution in [0.3, 0.4) is 0 Å². The predicted molar refractivity (Wildman–Crippen MR) is 88.5 cm³/mol. The summed E-state index contributed by atoms with van der Waals surface area (Å²) in [5.74, 6) is -0.250. The fourth-order valence-corrected chi connectivity index (χ4v) is 2.19. The molecule has 0 saturated carbocycles. The lowest BCUT2D eigenvalue weighted by Crippen LogP contribution is -2.43. The first-order valence-corrected chi connectivity index (χ1v) is 7.55. The summed E-state index contributed by atoms with van der Waals surface area (Å²) >= 11 is 0. The lowest BCUT2D eigenvalue weighted by Gasteiger charge is -2.31. The predicted octanol–water partition coefficient (Wildman–Crippen LogP) is 1.86. The minimum absolute atomic E-state index is 0.0895. The number of amides is 1. The van der Waals surface area contributed by atoms with E-state index < -0.39 is 5.60 Å². The van der Waals surface area contributed by atoms with E-state index in [1.807, 2.05) is 37.3 Å². The Hall–Kier alpha value is -2.47. The zero-order chi connectivity index (χ0) is 16.9. The molecular formula is C17H22N4O2. The molecule has 0 saturated heterocycles. The number of nitrogens with zero attached hydrogens (tertiary/aromatic N) is 3. The van der Waals surface area contributed by atoms with Gasteiger partial charge < -0.3 is 15.7 Å². The number of aromatic nitrogens is 2. The van der Waals surface area contributed by atoms with Gasteiger partial charge in [-0.15, -0.1) is 0 Å². The maximum Gasteiger partial charge on any atom is 0.276 e. The topological polar surface area (TPSA) is 92.3 Å². The minimum Gasteiger partial charge on any atom is -0.388 e. The van der Waals surface area contributed by atoms with Crippen molar-refractivity contribution in [3.8, 4) is 0 Å². The van der Waals surface area contributed by atoms with Crippen molar-refractivity contribution in [2.24, 2.45) is 0 Å². The quantitative estimate of drug-likeness (QED) is 0.849. The number of benzene rings is 1. The van der Waals surface area contributed by atoms with Gasteiger partial charge in [-0.1, -0.05) is 37.3 Å². The van der Waals surface area contributed by atoms with E-state index in [-0.39, 0.29) is 24.0 Å². The molecular weight excluding hydrogens is 292 g/mol. The minimum atomic E-state index is -0.985. The van der Waals surface area contributed by atoms with Crippen molar-refractivity contribution >= 4 is 11.7 Å². The second kappa shape index (κ2) is 7.19. The fourth-order valence-electron chi connectivity index (χ4n) is 2.19. The van der Waals surface area contributed by atoms with Crippen LogP contribution in [0, 0.1) is 0 Å². The van der Waals surface area contributed by atoms with Crippen molar-refractivity contribution in [2.75, 3.05) is 12.3 Å². The second-order valence-electron chi connectivity index (χ2n) is 5.79. The third-order valence-electron chi connectivity index (χ3n) is 3.73. The summed E-state index contributed by atoms with van der Waals surface area (Å²) in [4.78, 5) is 22.3. The van der Waals surface area contributed by atoms with Crippen LogP contribution >= 0.6 is 0 Å². The van der Waals surface area contributed by atoms with E-state index in [0.717, 1.165) is 5.56 Å². The molecule has 0 fully saturated rings. The monoisotopic (exact) mass is 314 g/mol. The summed E-state index contributed by atoms with van der Waals surface area (Å²) in [6, 6.07) is 9.60. The van der Waals surface area contributed by atoms with E-state index >= 15 is 0 Å². The lowest BCUT2D eigenvalue weighted by molar-refractivity contribution is 0.0133. The van der Waals surface area contributed by atoms with Gasteiger partial charge in [0.2, 0.25) is 0 Å². The van der Waals surface area contributed by atoms with Gasteiger partial charge in [-0.25, -0.2) is 9.97 Å². The van der Waals surface area contributed by atoms with Crippen LogP contribution in [-0.2, 0) is 6.54 Å². The molecule has 1 amide bonds. The average Bonchev–Trinajstić information content (AvgIpc) is 2.55. The highest BCUT2D eigenvalue weighted by atomic mass is 16.3. The number of carbonyl (C=O) groups is 1. The molecule has 122 valence electrons. The van der Waals surface area contributed by atoms with Gasteiger partial charge in [0.15, 0.2) is 11.5 Å². The number of hydrogen-bond donors (Lipinski definition) is 2. The van der Waals surface area contributed by atoms with Crippen LogP contribution in [0.15, 0.2) is 42.7 Å². The molecule has 1 heterocycles. The molecule has 6 nitrogen and oxygen atoms in total. The molecule has 0 spiro atoms. The first kappa shape index (κ1) is 16.9. The van der Waals surface area contributed by atoms with E-state index in [9.17, 15) is 9.90 Å². The molecule has 0 radical (unpaired) electrons. The van der Waals surface area contributed by atoms with E-state index in [2.05, 4.69) is 9.97 Å². The van der Waals surface area contributed by atoms with Gasteiger partial charge in [0, 0.05) is 25.5 Å². The zero-order valence-electron chi connectivity index (χ0n) is 13.4. The Balaban J connectivity index is 2.29. The molecule has 1 atom stereocenters. The SMILES string of the molecule is CC[C@@](C)(O)CN(Cc1ccccc1)C(=O)c1nccnc1N. The van der Waals surface area contributed by atoms with Crippen molar-refractivity contribution in [3.05, 3.63) is 54.0 Å². The molecule has 23 heavy (non-hydrogen) atoms. The van der Waals surface area contributed by atoms with Crippen molar-refractivity contribution < 1.29 is 9.90 Å². The Labute approximate surface area is 136 Å². The summed E-state index contributed by atoms with van der Waals surface area (Å²) in [7, 11) is 0. The number of anilines is 1. The van der Waals surface area contributed by atoms with Crippen LogP contribution in [0.5, 0.6) is 0 Å². The van der Waals surface area contributed by atoms with Gasteiger partial charge in [0.05, 0.1) is 5.60 Å². The molecule has 0 unspecified atom stereocenters. The number of rotatable bonds is 6. The summed E-state index contributed by atoms with van der Waals surface area (Å²) in [6.07, 6.45) is 3.40. The Morgan fingerprint density at radius 1 is 1.26 bits per heavy atom. The second-order valence-corrected chi connectivity index (χ2v) is 5.79. The Morgan fingerprint density at radius 2 is 1.91 bits per heavy atom. The van der Waals surface area contributed by atoms with Crippen LogP contribution in [0.4, 0.5) is 5.82 Å². The molecule has 0 aliphatic carbocycles. The number of nitrogens with two attached hydrogens (primary N) is 1. The highest BCUT2D eigenvalue weighted by molar-refractivity contribution is 5.96. The summed E-state index contributed by atoms with van der Waals surface area (Å²) < 4.78 is 0. The van der Waals surface area contributed by atoms with Crippen LogP contribution in [-0.4, -0.2) is 38.0 Å². The zero-order valence-corrected chi connectivity index (χ0v) is 13.4. The van der Waals surface area contributed by atoms with Gasteiger partial charge in [-0.2, -0.15) is 0 Å². The molecule has 0 bridgehead atoms. The maximum atomic E-state index is 12.8. The summed E-state index contributed by atoms with van der Waals surface area (Å²) in [5, 5.41) is 10.4. The van der Waals surface area contributed by atoms with Crippen LogP contribution in [0.25, 0.3) is 0 Å². The Bertz CT molecular complexity index is 659. The number of nitrogen functional groups attached to an aromatic ring is 1. The molecule has 1 aromatic heterocycles. The third kappa shape index (κ3) is 4.50. The van der Waals surface area contributed by atoms with Gasteiger partial charge in [-0.3, -0.25) is 4.79 Å². The largest absolute Gasteiger partial charge is 0.388 e.